The molecule has 2 aromatic rings. The lowest BCUT2D eigenvalue weighted by Gasteiger charge is -2.11. The molecule has 1 heterocycles. The quantitative estimate of drug-likeness (QED) is 0.827. The van der Waals surface area contributed by atoms with Crippen molar-refractivity contribution < 1.29 is 24.1 Å². The summed E-state index contributed by atoms with van der Waals surface area (Å²) in [5.41, 5.74) is -0.842. The molecule has 0 amide bonds. The molecule has 21 heavy (non-hydrogen) atoms. The van der Waals surface area contributed by atoms with Gasteiger partial charge in [0.2, 0.25) is 0 Å². The summed E-state index contributed by atoms with van der Waals surface area (Å²) in [4.78, 5) is 26.2. The summed E-state index contributed by atoms with van der Waals surface area (Å²) < 4.78 is 15.0. The Labute approximate surface area is 120 Å². The van der Waals surface area contributed by atoms with Crippen molar-refractivity contribution >= 4 is 16.9 Å². The first-order valence-corrected chi connectivity index (χ1v) is 6.21. The van der Waals surface area contributed by atoms with Gasteiger partial charge in [-0.15, -0.1) is 0 Å². The van der Waals surface area contributed by atoms with Crippen molar-refractivity contribution in [2.24, 2.45) is 0 Å². The predicted molar refractivity (Wildman–Crippen MR) is 75.3 cm³/mol. The average molecular weight is 293 g/mol. The van der Waals surface area contributed by atoms with Crippen LogP contribution in [0.3, 0.4) is 0 Å². The molecule has 0 aliphatic carbocycles. The minimum Gasteiger partial charge on any atom is -0.506 e. The normalized spacial score (nSPS) is 10.4. The van der Waals surface area contributed by atoms with Gasteiger partial charge < -0.3 is 24.3 Å². The van der Waals surface area contributed by atoms with Crippen LogP contribution in [-0.4, -0.2) is 36.9 Å². The molecule has 2 N–H and O–H groups in total. The minimum absolute atomic E-state index is 0.0989. The van der Waals surface area contributed by atoms with E-state index in [1.807, 2.05) is 0 Å². The third-order valence-corrected chi connectivity index (χ3v) is 2.97. The fourth-order valence-corrected chi connectivity index (χ4v) is 2.00. The van der Waals surface area contributed by atoms with Gasteiger partial charge in [0.25, 0.3) is 5.56 Å². The number of methoxy groups -OCH3 is 2. The molecule has 0 aliphatic rings. The first kappa shape index (κ1) is 14.7. The second-order valence-electron chi connectivity index (χ2n) is 4.15. The minimum atomic E-state index is -0.882. The van der Waals surface area contributed by atoms with E-state index in [2.05, 4.69) is 4.98 Å². The van der Waals surface area contributed by atoms with Gasteiger partial charge >= 0.3 is 5.97 Å². The molecule has 0 saturated carbocycles. The molecule has 0 fully saturated rings. The summed E-state index contributed by atoms with van der Waals surface area (Å²) in [7, 11) is 2.90. The van der Waals surface area contributed by atoms with E-state index in [4.69, 9.17) is 14.2 Å². The molecular weight excluding hydrogens is 278 g/mol. The Morgan fingerprint density at radius 3 is 2.43 bits per heavy atom. The van der Waals surface area contributed by atoms with Crippen LogP contribution in [-0.2, 0) is 4.74 Å². The van der Waals surface area contributed by atoms with E-state index in [0.717, 1.165) is 0 Å². The Balaban J connectivity index is 2.76. The Bertz CT molecular complexity index is 749. The van der Waals surface area contributed by atoms with Gasteiger partial charge in [0.15, 0.2) is 17.1 Å². The van der Waals surface area contributed by atoms with E-state index in [-0.39, 0.29) is 12.0 Å². The predicted octanol–water partition coefficient (Wildman–Crippen LogP) is 1.43. The molecule has 0 aliphatic heterocycles. The van der Waals surface area contributed by atoms with Crippen molar-refractivity contribution in [1.82, 2.24) is 4.98 Å². The van der Waals surface area contributed by atoms with Gasteiger partial charge in [0.1, 0.15) is 5.75 Å². The highest BCUT2D eigenvalue weighted by atomic mass is 16.5. The highest BCUT2D eigenvalue weighted by molar-refractivity contribution is 6.00. The standard InChI is InChI=1S/C14H15NO6/c1-4-21-14(18)11-12(16)7-5-9(19-2)10(20-3)6-8(7)15-13(11)17/h5-6H,4H2,1-3H3,(H2,15,16,17). The number of carbonyl (C=O) groups is 1. The third kappa shape index (κ3) is 2.49. The summed E-state index contributed by atoms with van der Waals surface area (Å²) >= 11 is 0. The van der Waals surface area contributed by atoms with Crippen LogP contribution in [0, 0.1) is 0 Å². The van der Waals surface area contributed by atoms with Crippen LogP contribution in [0.15, 0.2) is 16.9 Å². The highest BCUT2D eigenvalue weighted by Crippen LogP contribution is 2.35. The molecule has 2 rings (SSSR count). The first-order valence-electron chi connectivity index (χ1n) is 6.21. The summed E-state index contributed by atoms with van der Waals surface area (Å²) in [6, 6.07) is 2.98. The number of esters is 1. The van der Waals surface area contributed by atoms with Gasteiger partial charge in [-0.25, -0.2) is 4.79 Å². The van der Waals surface area contributed by atoms with Gasteiger partial charge in [0, 0.05) is 11.5 Å². The fourth-order valence-electron chi connectivity index (χ4n) is 2.00. The number of benzene rings is 1. The molecule has 1 aromatic heterocycles. The Hall–Kier alpha value is -2.70. The van der Waals surface area contributed by atoms with Crippen LogP contribution in [0.4, 0.5) is 0 Å². The van der Waals surface area contributed by atoms with Crippen molar-refractivity contribution in [3.63, 3.8) is 0 Å². The van der Waals surface area contributed by atoms with E-state index in [9.17, 15) is 14.7 Å². The number of fused-ring (bicyclic) bond motifs is 1. The Kier molecular flexibility index (Phi) is 4.02. The Morgan fingerprint density at radius 2 is 1.86 bits per heavy atom. The molecule has 0 radical (unpaired) electrons. The van der Waals surface area contributed by atoms with Crippen LogP contribution in [0.5, 0.6) is 17.2 Å². The van der Waals surface area contributed by atoms with E-state index in [1.54, 1.807) is 6.92 Å². The number of hydrogen-bond acceptors (Lipinski definition) is 6. The van der Waals surface area contributed by atoms with Gasteiger partial charge in [0.05, 0.1) is 26.3 Å². The number of aromatic nitrogens is 1. The third-order valence-electron chi connectivity index (χ3n) is 2.97. The molecule has 1 aromatic carbocycles. The van der Waals surface area contributed by atoms with Crippen molar-refractivity contribution in [2.75, 3.05) is 20.8 Å². The van der Waals surface area contributed by atoms with E-state index < -0.39 is 22.8 Å². The number of carbonyl (C=O) groups excluding carboxylic acids is 1. The number of H-pyrrole nitrogens is 1. The topological polar surface area (TPSA) is 97.8 Å². The largest absolute Gasteiger partial charge is 0.506 e. The Morgan fingerprint density at radius 1 is 1.24 bits per heavy atom. The average Bonchev–Trinajstić information content (AvgIpc) is 2.46. The molecule has 7 heteroatoms. The molecule has 7 nitrogen and oxygen atoms in total. The van der Waals surface area contributed by atoms with Crippen LogP contribution >= 0.6 is 0 Å². The van der Waals surface area contributed by atoms with Gasteiger partial charge in [-0.2, -0.15) is 0 Å². The monoisotopic (exact) mass is 293 g/mol. The van der Waals surface area contributed by atoms with Gasteiger partial charge in [-0.3, -0.25) is 4.79 Å². The van der Waals surface area contributed by atoms with Gasteiger partial charge in [-0.05, 0) is 13.0 Å². The van der Waals surface area contributed by atoms with Crippen LogP contribution < -0.4 is 15.0 Å². The number of nitrogens with one attached hydrogen (secondary N) is 1. The zero-order valence-corrected chi connectivity index (χ0v) is 11.9. The van der Waals surface area contributed by atoms with E-state index >= 15 is 0 Å². The highest BCUT2D eigenvalue weighted by Gasteiger charge is 2.21. The number of ether oxygens (including phenoxy) is 3. The second kappa shape index (κ2) is 5.74. The lowest BCUT2D eigenvalue weighted by atomic mass is 10.1. The number of pyridine rings is 1. The second-order valence-corrected chi connectivity index (χ2v) is 4.15. The van der Waals surface area contributed by atoms with Crippen molar-refractivity contribution in [3.8, 4) is 17.2 Å². The summed E-state index contributed by atoms with van der Waals surface area (Å²) in [5, 5.41) is 10.5. The molecule has 112 valence electrons. The molecule has 0 unspecified atom stereocenters. The molecule has 0 spiro atoms. The zero-order valence-electron chi connectivity index (χ0n) is 11.9. The number of rotatable bonds is 4. The molecule has 0 bridgehead atoms. The van der Waals surface area contributed by atoms with Crippen LogP contribution in [0.2, 0.25) is 0 Å². The lowest BCUT2D eigenvalue weighted by molar-refractivity contribution is 0.0521. The van der Waals surface area contributed by atoms with Crippen molar-refractivity contribution in [1.29, 1.82) is 0 Å². The smallest absolute Gasteiger partial charge is 0.347 e. The van der Waals surface area contributed by atoms with E-state index in [0.29, 0.717) is 17.0 Å². The summed E-state index contributed by atoms with van der Waals surface area (Å²) in [6.07, 6.45) is 0. The van der Waals surface area contributed by atoms with Crippen molar-refractivity contribution in [3.05, 3.63) is 28.0 Å². The molecule has 0 saturated heterocycles. The molecule has 0 atom stereocenters. The van der Waals surface area contributed by atoms with Crippen LogP contribution in [0.1, 0.15) is 17.3 Å². The number of aromatic amines is 1. The maximum Gasteiger partial charge on any atom is 0.347 e. The molecular formula is C14H15NO6. The fraction of sp³-hybridized carbons (Fsp3) is 0.286. The van der Waals surface area contributed by atoms with Gasteiger partial charge in [-0.1, -0.05) is 0 Å². The zero-order chi connectivity index (χ0) is 15.6. The number of hydrogen-bond donors (Lipinski definition) is 2. The lowest BCUT2D eigenvalue weighted by Crippen LogP contribution is -2.20. The number of aromatic hydroxyl groups is 1. The summed E-state index contributed by atoms with van der Waals surface area (Å²) in [6.45, 7) is 1.71. The van der Waals surface area contributed by atoms with Crippen molar-refractivity contribution in [2.45, 2.75) is 6.92 Å². The first-order chi connectivity index (χ1) is 10.0. The summed E-state index contributed by atoms with van der Waals surface area (Å²) in [5.74, 6) is -0.577. The maximum atomic E-state index is 11.9. The maximum absolute atomic E-state index is 11.9. The SMILES string of the molecule is CCOC(=O)c1c(O)c2cc(OC)c(OC)cc2[nH]c1=O. The van der Waals surface area contributed by atoms with E-state index in [1.165, 1.54) is 26.4 Å². The van der Waals surface area contributed by atoms with Crippen LogP contribution in [0.25, 0.3) is 10.9 Å².